The molecule has 0 aromatic heterocycles. The second-order valence-electron chi connectivity index (χ2n) is 5.19. The lowest BCUT2D eigenvalue weighted by Crippen LogP contribution is -2.52. The summed E-state index contributed by atoms with van der Waals surface area (Å²) >= 11 is 0. The highest BCUT2D eigenvalue weighted by Crippen LogP contribution is 2.30. The maximum atomic E-state index is 3.53. The van der Waals surface area contributed by atoms with Crippen LogP contribution in [0.1, 0.15) is 51.9 Å². The molecule has 15 heavy (non-hydrogen) atoms. The van der Waals surface area contributed by atoms with Gasteiger partial charge in [0.15, 0.2) is 0 Å². The number of nitrogens with one attached hydrogen (secondary N) is 1. The van der Waals surface area contributed by atoms with Gasteiger partial charge in [0.2, 0.25) is 0 Å². The lowest BCUT2D eigenvalue weighted by molar-refractivity contribution is 0.111. The van der Waals surface area contributed by atoms with Crippen LogP contribution in [0.5, 0.6) is 0 Å². The van der Waals surface area contributed by atoms with E-state index in [-0.39, 0.29) is 0 Å². The van der Waals surface area contributed by atoms with E-state index in [4.69, 9.17) is 0 Å². The Hall–Kier alpha value is -0.0800. The first-order valence-electron chi connectivity index (χ1n) is 6.79. The van der Waals surface area contributed by atoms with Crippen molar-refractivity contribution in [3.63, 3.8) is 0 Å². The zero-order valence-electron chi connectivity index (χ0n) is 10.3. The molecule has 0 bridgehead atoms. The van der Waals surface area contributed by atoms with Gasteiger partial charge in [0.05, 0.1) is 0 Å². The number of nitrogens with zero attached hydrogens (tertiary/aromatic N) is 1. The van der Waals surface area contributed by atoms with Crippen molar-refractivity contribution in [1.29, 1.82) is 0 Å². The van der Waals surface area contributed by atoms with Crippen molar-refractivity contribution in [3.05, 3.63) is 0 Å². The molecule has 3 atom stereocenters. The third kappa shape index (κ3) is 2.36. The van der Waals surface area contributed by atoms with Crippen molar-refractivity contribution in [2.45, 2.75) is 70.0 Å². The summed E-state index contributed by atoms with van der Waals surface area (Å²) in [5, 5.41) is 3.53. The molecule has 0 aromatic rings. The molecule has 1 aliphatic carbocycles. The predicted molar refractivity (Wildman–Crippen MR) is 65.1 cm³/mol. The van der Waals surface area contributed by atoms with Gasteiger partial charge in [-0.15, -0.1) is 0 Å². The minimum absolute atomic E-state index is 0.755. The van der Waals surface area contributed by atoms with E-state index in [0.29, 0.717) is 0 Å². The quantitative estimate of drug-likeness (QED) is 0.769. The number of rotatable bonds is 3. The van der Waals surface area contributed by atoms with Gasteiger partial charge in [-0.05, 0) is 45.7 Å². The maximum absolute atomic E-state index is 3.53. The van der Waals surface area contributed by atoms with Crippen LogP contribution in [0.4, 0.5) is 0 Å². The van der Waals surface area contributed by atoms with Crippen molar-refractivity contribution in [1.82, 2.24) is 10.2 Å². The fraction of sp³-hybridized carbons (Fsp3) is 1.00. The highest BCUT2D eigenvalue weighted by Gasteiger charge is 2.34. The van der Waals surface area contributed by atoms with Crippen LogP contribution in [0, 0.1) is 0 Å². The van der Waals surface area contributed by atoms with Crippen LogP contribution in [-0.2, 0) is 0 Å². The van der Waals surface area contributed by atoms with Crippen LogP contribution >= 0.6 is 0 Å². The fourth-order valence-electron chi connectivity index (χ4n) is 3.58. The Labute approximate surface area is 94.4 Å². The van der Waals surface area contributed by atoms with Gasteiger partial charge in [-0.25, -0.2) is 0 Å². The largest absolute Gasteiger partial charge is 0.315 e. The van der Waals surface area contributed by atoms with Gasteiger partial charge < -0.3 is 5.32 Å². The van der Waals surface area contributed by atoms with Crippen molar-refractivity contribution in [2.24, 2.45) is 0 Å². The smallest absolute Gasteiger partial charge is 0.0252 e. The number of likely N-dealkylation sites (tertiary alicyclic amines) is 1. The number of hydrogen-bond acceptors (Lipinski definition) is 2. The molecule has 2 heteroatoms. The molecule has 0 spiro atoms. The van der Waals surface area contributed by atoms with Crippen LogP contribution in [0.25, 0.3) is 0 Å². The van der Waals surface area contributed by atoms with E-state index < -0.39 is 0 Å². The lowest BCUT2D eigenvalue weighted by Gasteiger charge is -2.40. The minimum Gasteiger partial charge on any atom is -0.315 e. The first-order chi connectivity index (χ1) is 7.36. The van der Waals surface area contributed by atoms with E-state index in [2.05, 4.69) is 24.2 Å². The van der Waals surface area contributed by atoms with Gasteiger partial charge in [-0.2, -0.15) is 0 Å². The Balaban J connectivity index is 1.99. The summed E-state index contributed by atoms with van der Waals surface area (Å²) in [6.07, 6.45) is 9.86. The summed E-state index contributed by atoms with van der Waals surface area (Å²) in [5.74, 6) is 0. The summed E-state index contributed by atoms with van der Waals surface area (Å²) in [4.78, 5) is 2.81. The second-order valence-corrected chi connectivity index (χ2v) is 5.19. The summed E-state index contributed by atoms with van der Waals surface area (Å²) in [6, 6.07) is 2.46. The molecule has 3 unspecified atom stereocenters. The average Bonchev–Trinajstić information content (AvgIpc) is 2.76. The molecule has 1 N–H and O–H groups in total. The van der Waals surface area contributed by atoms with Crippen LogP contribution in [-0.4, -0.2) is 36.6 Å². The molecular formula is C13H26N2. The molecule has 88 valence electrons. The van der Waals surface area contributed by atoms with Crippen molar-refractivity contribution in [2.75, 3.05) is 13.6 Å². The highest BCUT2D eigenvalue weighted by molar-refractivity contribution is 4.92. The molecule has 2 nitrogen and oxygen atoms in total. The first-order valence-corrected chi connectivity index (χ1v) is 6.79. The Kier molecular flexibility index (Phi) is 4.04. The van der Waals surface area contributed by atoms with Gasteiger partial charge in [0, 0.05) is 18.1 Å². The summed E-state index contributed by atoms with van der Waals surface area (Å²) in [6.45, 7) is 3.70. The maximum Gasteiger partial charge on any atom is 0.0252 e. The van der Waals surface area contributed by atoms with Crippen LogP contribution in [0.15, 0.2) is 0 Å². The van der Waals surface area contributed by atoms with Crippen molar-refractivity contribution < 1.29 is 0 Å². The van der Waals surface area contributed by atoms with E-state index in [1.807, 2.05) is 0 Å². The molecule has 1 aliphatic heterocycles. The third-order valence-electron chi connectivity index (χ3n) is 4.42. The van der Waals surface area contributed by atoms with Gasteiger partial charge in [0.25, 0.3) is 0 Å². The van der Waals surface area contributed by atoms with Gasteiger partial charge in [-0.3, -0.25) is 4.90 Å². The normalized spacial score (nSPS) is 38.4. The van der Waals surface area contributed by atoms with Crippen LogP contribution in [0.2, 0.25) is 0 Å². The zero-order chi connectivity index (χ0) is 10.7. The molecule has 1 heterocycles. The summed E-state index contributed by atoms with van der Waals surface area (Å²) < 4.78 is 0. The minimum atomic E-state index is 0.755. The lowest BCUT2D eigenvalue weighted by atomic mass is 9.88. The summed E-state index contributed by atoms with van der Waals surface area (Å²) in [7, 11) is 2.14. The molecule has 2 fully saturated rings. The first kappa shape index (κ1) is 11.4. The van der Waals surface area contributed by atoms with E-state index in [1.165, 1.54) is 51.5 Å². The molecule has 2 aliphatic rings. The number of hydrogen-bond donors (Lipinski definition) is 1. The molecular weight excluding hydrogens is 184 g/mol. The van der Waals surface area contributed by atoms with Gasteiger partial charge >= 0.3 is 0 Å². The van der Waals surface area contributed by atoms with E-state index >= 15 is 0 Å². The molecule has 0 aromatic carbocycles. The Morgan fingerprint density at radius 2 is 1.93 bits per heavy atom. The van der Waals surface area contributed by atoms with E-state index in [9.17, 15) is 0 Å². The zero-order valence-corrected chi connectivity index (χ0v) is 10.3. The average molecular weight is 210 g/mol. The number of likely N-dealkylation sites (N-methyl/N-ethyl adjacent to an activating group) is 1. The topological polar surface area (TPSA) is 15.3 Å². The SMILES string of the molecule is CCC1CCCN1C1CCCCC1NC. The van der Waals surface area contributed by atoms with Crippen molar-refractivity contribution in [3.8, 4) is 0 Å². The molecule has 0 amide bonds. The standard InChI is InChI=1S/C13H26N2/c1-3-11-7-6-10-15(11)13-9-5-4-8-12(13)14-2/h11-14H,3-10H2,1-2H3. The Bertz CT molecular complexity index is 193. The molecule has 2 rings (SSSR count). The second kappa shape index (κ2) is 5.31. The van der Waals surface area contributed by atoms with E-state index in [1.54, 1.807) is 0 Å². The third-order valence-corrected chi connectivity index (χ3v) is 4.42. The monoisotopic (exact) mass is 210 g/mol. The summed E-state index contributed by atoms with van der Waals surface area (Å²) in [5.41, 5.74) is 0. The molecule has 1 saturated carbocycles. The van der Waals surface area contributed by atoms with Crippen molar-refractivity contribution >= 4 is 0 Å². The molecule has 0 radical (unpaired) electrons. The molecule has 1 saturated heterocycles. The highest BCUT2D eigenvalue weighted by atomic mass is 15.2. The Morgan fingerprint density at radius 1 is 1.13 bits per heavy atom. The van der Waals surface area contributed by atoms with E-state index in [0.717, 1.165) is 18.1 Å². The Morgan fingerprint density at radius 3 is 2.67 bits per heavy atom. The predicted octanol–water partition coefficient (Wildman–Crippen LogP) is 2.39. The van der Waals surface area contributed by atoms with Gasteiger partial charge in [-0.1, -0.05) is 19.8 Å². The fourth-order valence-corrected chi connectivity index (χ4v) is 3.58. The van der Waals surface area contributed by atoms with Gasteiger partial charge in [0.1, 0.15) is 0 Å². The van der Waals surface area contributed by atoms with Crippen LogP contribution in [0.3, 0.4) is 0 Å². The van der Waals surface area contributed by atoms with Crippen LogP contribution < -0.4 is 5.32 Å².